The molecule has 1 aliphatic carbocycles. The number of benzene rings is 1. The molecule has 134 valence electrons. The van der Waals surface area contributed by atoms with Crippen LogP contribution in [0.4, 0.5) is 8.78 Å². The van der Waals surface area contributed by atoms with Crippen LogP contribution in [0.3, 0.4) is 0 Å². The summed E-state index contributed by atoms with van der Waals surface area (Å²) in [5.74, 6) is -3.19. The van der Waals surface area contributed by atoms with E-state index in [2.05, 4.69) is 0 Å². The Morgan fingerprint density at radius 2 is 1.92 bits per heavy atom. The maximum Gasteiger partial charge on any atom is 0.257 e. The van der Waals surface area contributed by atoms with Gasteiger partial charge in [-0.2, -0.15) is 4.39 Å². The first kappa shape index (κ1) is 17.4. The lowest BCUT2D eigenvalue weighted by Gasteiger charge is -2.53. The summed E-state index contributed by atoms with van der Waals surface area (Å²) in [6.07, 6.45) is 2.31. The van der Waals surface area contributed by atoms with Crippen LogP contribution in [0, 0.1) is 22.5 Å². The van der Waals surface area contributed by atoms with Crippen LogP contribution < -0.4 is 10.5 Å². The maximum atomic E-state index is 13.8. The standard InChI is InChI=1S/C18H20F2N2O3/c1-17(2)7-18(6-12(21)15(17)23)8-22(9-18)16(24)10-4-5-11(19)13(20)14(10)25-3/h4-6H,7-9,21H2,1-3H3. The van der Waals surface area contributed by atoms with Crippen molar-refractivity contribution >= 4 is 11.7 Å². The van der Waals surface area contributed by atoms with Gasteiger partial charge in [0.05, 0.1) is 18.4 Å². The van der Waals surface area contributed by atoms with Crippen molar-refractivity contribution in [1.82, 2.24) is 4.90 Å². The second-order valence-electron chi connectivity index (χ2n) is 7.46. The van der Waals surface area contributed by atoms with Crippen molar-refractivity contribution in [2.24, 2.45) is 16.6 Å². The van der Waals surface area contributed by atoms with Gasteiger partial charge < -0.3 is 15.4 Å². The highest BCUT2D eigenvalue weighted by Crippen LogP contribution is 2.47. The number of hydrogen-bond acceptors (Lipinski definition) is 4. The fourth-order valence-corrected chi connectivity index (χ4v) is 3.93. The molecule has 1 heterocycles. The number of nitrogens with zero attached hydrogens (tertiary/aromatic N) is 1. The van der Waals surface area contributed by atoms with E-state index in [0.29, 0.717) is 19.5 Å². The van der Waals surface area contributed by atoms with Gasteiger partial charge >= 0.3 is 0 Å². The Labute approximate surface area is 144 Å². The number of likely N-dealkylation sites (tertiary alicyclic amines) is 1. The van der Waals surface area contributed by atoms with E-state index >= 15 is 0 Å². The van der Waals surface area contributed by atoms with E-state index in [9.17, 15) is 18.4 Å². The summed E-state index contributed by atoms with van der Waals surface area (Å²) in [4.78, 5) is 26.3. The second-order valence-corrected chi connectivity index (χ2v) is 7.46. The molecule has 1 saturated heterocycles. The van der Waals surface area contributed by atoms with Crippen LogP contribution >= 0.6 is 0 Å². The summed E-state index contributed by atoms with van der Waals surface area (Å²) in [5.41, 5.74) is 5.09. The third kappa shape index (κ3) is 2.67. The summed E-state index contributed by atoms with van der Waals surface area (Å²) in [5, 5.41) is 0. The number of halogens is 2. The van der Waals surface area contributed by atoms with Crippen molar-refractivity contribution in [2.45, 2.75) is 20.3 Å². The number of ether oxygens (including phenoxy) is 1. The van der Waals surface area contributed by atoms with Gasteiger partial charge in [-0.25, -0.2) is 4.39 Å². The molecule has 1 spiro atoms. The van der Waals surface area contributed by atoms with Crippen molar-refractivity contribution in [2.75, 3.05) is 20.2 Å². The molecule has 0 aromatic heterocycles. The average Bonchev–Trinajstić information content (AvgIpc) is 2.51. The average molecular weight is 350 g/mol. The zero-order chi connectivity index (χ0) is 18.6. The van der Waals surface area contributed by atoms with Crippen LogP contribution in [0.2, 0.25) is 0 Å². The van der Waals surface area contributed by atoms with Gasteiger partial charge in [-0.1, -0.05) is 13.8 Å². The SMILES string of the molecule is COc1c(C(=O)N2CC3(C=C(N)C(=O)C(C)(C)C3)C2)ccc(F)c1F. The monoisotopic (exact) mass is 350 g/mol. The molecule has 0 saturated carbocycles. The lowest BCUT2D eigenvalue weighted by atomic mass is 9.62. The molecule has 2 N–H and O–H groups in total. The molecule has 1 aromatic carbocycles. The Kier molecular flexibility index (Phi) is 3.85. The molecule has 0 atom stereocenters. The van der Waals surface area contributed by atoms with E-state index in [1.807, 2.05) is 13.8 Å². The lowest BCUT2D eigenvalue weighted by Crippen LogP contribution is -2.61. The van der Waals surface area contributed by atoms with Gasteiger partial charge in [0, 0.05) is 23.9 Å². The molecule has 1 fully saturated rings. The molecule has 1 aliphatic heterocycles. The summed E-state index contributed by atoms with van der Waals surface area (Å²) in [7, 11) is 1.19. The first-order valence-corrected chi connectivity index (χ1v) is 7.95. The fourth-order valence-electron chi connectivity index (χ4n) is 3.93. The predicted molar refractivity (Wildman–Crippen MR) is 86.9 cm³/mol. The zero-order valence-electron chi connectivity index (χ0n) is 14.4. The normalized spacial score (nSPS) is 20.9. The fraction of sp³-hybridized carbons (Fsp3) is 0.444. The minimum Gasteiger partial charge on any atom is -0.493 e. The molecule has 5 nitrogen and oxygen atoms in total. The minimum absolute atomic E-state index is 0.0284. The number of amides is 1. The zero-order valence-corrected chi connectivity index (χ0v) is 14.4. The number of methoxy groups -OCH3 is 1. The molecule has 0 unspecified atom stereocenters. The summed E-state index contributed by atoms with van der Waals surface area (Å²) in [6.45, 7) is 4.40. The first-order chi connectivity index (χ1) is 11.6. The Bertz CT molecular complexity index is 796. The van der Waals surface area contributed by atoms with E-state index < -0.39 is 28.7 Å². The first-order valence-electron chi connectivity index (χ1n) is 7.95. The highest BCUT2D eigenvalue weighted by Gasteiger charge is 2.52. The number of rotatable bonds is 2. The number of Topliss-reactive ketones (excluding diaryl/α,β-unsaturated/α-hetero) is 1. The van der Waals surface area contributed by atoms with E-state index in [-0.39, 0.29) is 22.5 Å². The lowest BCUT2D eigenvalue weighted by molar-refractivity contribution is -0.127. The van der Waals surface area contributed by atoms with E-state index in [1.165, 1.54) is 18.1 Å². The van der Waals surface area contributed by atoms with Gasteiger partial charge in [0.2, 0.25) is 5.82 Å². The van der Waals surface area contributed by atoms with Crippen molar-refractivity contribution < 1.29 is 23.1 Å². The number of nitrogens with two attached hydrogens (primary N) is 1. The quantitative estimate of drug-likeness (QED) is 0.888. The molecule has 25 heavy (non-hydrogen) atoms. The molecule has 3 rings (SSSR count). The molecule has 7 heteroatoms. The van der Waals surface area contributed by atoms with Gasteiger partial charge in [-0.05, 0) is 24.6 Å². The van der Waals surface area contributed by atoms with Gasteiger partial charge in [0.25, 0.3) is 5.91 Å². The van der Waals surface area contributed by atoms with Crippen LogP contribution in [0.1, 0.15) is 30.6 Å². The van der Waals surface area contributed by atoms with Crippen LogP contribution in [-0.4, -0.2) is 36.8 Å². The highest BCUT2D eigenvalue weighted by molar-refractivity contribution is 6.00. The van der Waals surface area contributed by atoms with Crippen molar-refractivity contribution in [3.63, 3.8) is 0 Å². The van der Waals surface area contributed by atoms with Crippen molar-refractivity contribution in [1.29, 1.82) is 0 Å². The third-order valence-electron chi connectivity index (χ3n) is 4.92. The molecular weight excluding hydrogens is 330 g/mol. The molecular formula is C18H20F2N2O3. The topological polar surface area (TPSA) is 72.6 Å². The molecule has 1 aromatic rings. The van der Waals surface area contributed by atoms with E-state index in [4.69, 9.17) is 10.5 Å². The van der Waals surface area contributed by atoms with Gasteiger partial charge in [-0.15, -0.1) is 0 Å². The van der Waals surface area contributed by atoms with E-state index in [1.54, 1.807) is 6.08 Å². The van der Waals surface area contributed by atoms with Crippen LogP contribution in [0.25, 0.3) is 0 Å². The number of carbonyl (C=O) groups excluding carboxylic acids is 2. The molecule has 0 bridgehead atoms. The second kappa shape index (κ2) is 5.54. The van der Waals surface area contributed by atoms with Crippen molar-refractivity contribution in [3.8, 4) is 5.75 Å². The summed E-state index contributed by atoms with van der Waals surface area (Å²) >= 11 is 0. The van der Waals surface area contributed by atoms with Gasteiger partial charge in [0.15, 0.2) is 17.3 Å². The van der Waals surface area contributed by atoms with Crippen molar-refractivity contribution in [3.05, 3.63) is 41.1 Å². The molecule has 1 amide bonds. The minimum atomic E-state index is -1.18. The maximum absolute atomic E-state index is 13.8. The number of ketones is 1. The Hall–Kier alpha value is -2.44. The summed E-state index contributed by atoms with van der Waals surface area (Å²) in [6, 6.07) is 2.12. The van der Waals surface area contributed by atoms with Crippen LogP contribution in [0.5, 0.6) is 5.75 Å². The molecule has 0 radical (unpaired) electrons. The molecule has 2 aliphatic rings. The van der Waals surface area contributed by atoms with Crippen LogP contribution in [0.15, 0.2) is 23.9 Å². The number of allylic oxidation sites excluding steroid dienone is 1. The third-order valence-corrected chi connectivity index (χ3v) is 4.92. The van der Waals surface area contributed by atoms with Gasteiger partial charge in [0.1, 0.15) is 0 Å². The largest absolute Gasteiger partial charge is 0.493 e. The smallest absolute Gasteiger partial charge is 0.257 e. The van der Waals surface area contributed by atoms with E-state index in [0.717, 1.165) is 6.07 Å². The Morgan fingerprint density at radius 1 is 1.28 bits per heavy atom. The Balaban J connectivity index is 1.83. The number of carbonyl (C=O) groups is 2. The van der Waals surface area contributed by atoms with Crippen LogP contribution in [-0.2, 0) is 4.79 Å². The Morgan fingerprint density at radius 3 is 2.48 bits per heavy atom. The van der Waals surface area contributed by atoms with Gasteiger partial charge in [-0.3, -0.25) is 9.59 Å². The number of hydrogen-bond donors (Lipinski definition) is 1. The highest BCUT2D eigenvalue weighted by atomic mass is 19.2. The predicted octanol–water partition coefficient (Wildman–Crippen LogP) is 2.26. The summed E-state index contributed by atoms with van der Waals surface area (Å²) < 4.78 is 32.0.